The minimum absolute atomic E-state index is 0.160. The third-order valence-electron chi connectivity index (χ3n) is 4.57. The topological polar surface area (TPSA) is 75.6 Å². The summed E-state index contributed by atoms with van der Waals surface area (Å²) in [5.74, 6) is -0.160. The third-order valence-corrected chi connectivity index (χ3v) is 4.57. The number of hydroxylamine groups is 1. The molecule has 1 atom stereocenters. The van der Waals surface area contributed by atoms with Crippen molar-refractivity contribution in [2.75, 3.05) is 0 Å². The number of carbonyl (C=O) groups is 2. The summed E-state index contributed by atoms with van der Waals surface area (Å²) >= 11 is 0. The number of amides is 1. The van der Waals surface area contributed by atoms with Crippen molar-refractivity contribution in [1.29, 1.82) is 0 Å². The molecule has 0 rings (SSSR count). The number of rotatable bonds is 20. The number of aliphatic hydroxyl groups is 1. The largest absolute Gasteiger partial charge is 0.366 e. The van der Waals surface area contributed by atoms with E-state index in [0.717, 1.165) is 32.0 Å². The van der Waals surface area contributed by atoms with E-state index in [1.165, 1.54) is 84.0 Å². The molecule has 26 heavy (non-hydrogen) atoms. The molecule has 1 amide bonds. The monoisotopic (exact) mass is 371 g/mol. The van der Waals surface area contributed by atoms with E-state index >= 15 is 0 Å². The van der Waals surface area contributed by atoms with Crippen LogP contribution in [0.3, 0.4) is 0 Å². The van der Waals surface area contributed by atoms with Crippen molar-refractivity contribution >= 4 is 12.2 Å². The van der Waals surface area contributed by atoms with E-state index < -0.39 is 6.29 Å². The molecule has 0 saturated carbocycles. The van der Waals surface area contributed by atoms with E-state index in [4.69, 9.17) is 5.11 Å². The Kier molecular flexibility index (Phi) is 19.6. The Balaban J connectivity index is 3.09. The number of nitrogens with one attached hydrogen (secondary N) is 1. The van der Waals surface area contributed by atoms with E-state index in [1.54, 1.807) is 0 Å². The van der Waals surface area contributed by atoms with Crippen LogP contribution in [0, 0.1) is 0 Å². The highest BCUT2D eigenvalue weighted by Crippen LogP contribution is 2.13. The molecule has 0 bridgehead atoms. The first-order valence-electron chi connectivity index (χ1n) is 10.7. The molecule has 0 aromatic heterocycles. The van der Waals surface area contributed by atoms with Gasteiger partial charge in [0.25, 0.3) is 0 Å². The zero-order valence-electron chi connectivity index (χ0n) is 16.8. The number of hydrogen-bond acceptors (Lipinski definition) is 4. The second-order valence-electron chi connectivity index (χ2n) is 7.25. The number of unbranched alkanes of at least 4 members (excludes halogenated alkanes) is 15. The predicted octanol–water partition coefficient (Wildman–Crippen LogP) is 5.20. The molecular formula is C21H41NO4. The molecule has 154 valence electrons. The predicted molar refractivity (Wildman–Crippen MR) is 105 cm³/mol. The smallest absolute Gasteiger partial charge is 0.243 e. The maximum absolute atomic E-state index is 11.3. The van der Waals surface area contributed by atoms with Crippen LogP contribution >= 0.6 is 0 Å². The number of aldehydes is 1. The summed E-state index contributed by atoms with van der Waals surface area (Å²) in [6, 6.07) is 0. The lowest BCUT2D eigenvalue weighted by Gasteiger charge is -2.07. The molecule has 0 aliphatic heterocycles. The van der Waals surface area contributed by atoms with Crippen LogP contribution in [-0.2, 0) is 14.4 Å². The van der Waals surface area contributed by atoms with Gasteiger partial charge in [0.05, 0.1) is 0 Å². The van der Waals surface area contributed by atoms with Crippen LogP contribution in [0.25, 0.3) is 0 Å². The minimum atomic E-state index is -0.960. The molecular weight excluding hydrogens is 330 g/mol. The molecule has 5 heteroatoms. The normalized spacial score (nSPS) is 12.1. The lowest BCUT2D eigenvalue weighted by Crippen LogP contribution is -2.27. The van der Waals surface area contributed by atoms with E-state index in [9.17, 15) is 9.59 Å². The molecule has 5 nitrogen and oxygen atoms in total. The van der Waals surface area contributed by atoms with E-state index in [-0.39, 0.29) is 5.91 Å². The average Bonchev–Trinajstić information content (AvgIpc) is 2.62. The van der Waals surface area contributed by atoms with Gasteiger partial charge in [-0.3, -0.25) is 4.79 Å². The molecule has 0 heterocycles. The van der Waals surface area contributed by atoms with E-state index in [2.05, 4.69) is 10.3 Å². The Hall–Kier alpha value is -0.940. The van der Waals surface area contributed by atoms with Crippen LogP contribution in [0.5, 0.6) is 0 Å². The molecule has 0 aromatic rings. The van der Waals surface area contributed by atoms with Gasteiger partial charge in [-0.25, -0.2) is 10.3 Å². The lowest BCUT2D eigenvalue weighted by molar-refractivity contribution is -0.162. The Morgan fingerprint density at radius 3 is 1.58 bits per heavy atom. The third kappa shape index (κ3) is 21.1. The Morgan fingerprint density at radius 2 is 1.19 bits per heavy atom. The Morgan fingerprint density at radius 1 is 0.808 bits per heavy atom. The summed E-state index contributed by atoms with van der Waals surface area (Å²) < 4.78 is 0. The molecule has 0 aliphatic rings. The molecule has 0 aliphatic carbocycles. The zero-order chi connectivity index (χ0) is 19.3. The van der Waals surface area contributed by atoms with Gasteiger partial charge in [-0.15, -0.1) is 0 Å². The van der Waals surface area contributed by atoms with Gasteiger partial charge >= 0.3 is 0 Å². The van der Waals surface area contributed by atoms with Crippen molar-refractivity contribution < 1.29 is 19.5 Å². The number of carbonyl (C=O) groups excluding carboxylic acids is 2. The van der Waals surface area contributed by atoms with Gasteiger partial charge in [0.1, 0.15) is 6.29 Å². The lowest BCUT2D eigenvalue weighted by atomic mass is 10.0. The van der Waals surface area contributed by atoms with Crippen LogP contribution < -0.4 is 5.48 Å². The molecule has 0 saturated heterocycles. The summed E-state index contributed by atoms with van der Waals surface area (Å²) in [7, 11) is 0. The molecule has 0 fully saturated rings. The van der Waals surface area contributed by atoms with Gasteiger partial charge in [-0.2, -0.15) is 0 Å². The van der Waals surface area contributed by atoms with E-state index in [0.29, 0.717) is 6.42 Å². The van der Waals surface area contributed by atoms with Crippen LogP contribution in [0.1, 0.15) is 116 Å². The Labute approximate surface area is 160 Å². The molecule has 0 radical (unpaired) electrons. The SMILES string of the molecule is C[C@H](O)ONC(=O)CCCCCCCCCCCCCCCCCC=O. The van der Waals surface area contributed by atoms with Crippen molar-refractivity contribution in [3.8, 4) is 0 Å². The number of hydrogen-bond donors (Lipinski definition) is 2. The van der Waals surface area contributed by atoms with E-state index in [1.807, 2.05) is 0 Å². The van der Waals surface area contributed by atoms with Crippen molar-refractivity contribution in [3.63, 3.8) is 0 Å². The fraction of sp³-hybridized carbons (Fsp3) is 0.905. The first-order chi connectivity index (χ1) is 12.7. The minimum Gasteiger partial charge on any atom is -0.366 e. The van der Waals surface area contributed by atoms with Gasteiger partial charge in [0.2, 0.25) is 5.91 Å². The summed E-state index contributed by atoms with van der Waals surface area (Å²) in [6.07, 6.45) is 19.9. The summed E-state index contributed by atoms with van der Waals surface area (Å²) in [5.41, 5.74) is 2.24. The molecule has 0 spiro atoms. The molecule has 0 unspecified atom stereocenters. The van der Waals surface area contributed by atoms with Gasteiger partial charge in [-0.1, -0.05) is 83.5 Å². The van der Waals surface area contributed by atoms with Crippen LogP contribution in [0.2, 0.25) is 0 Å². The van der Waals surface area contributed by atoms with Crippen molar-refractivity contribution in [2.45, 2.75) is 122 Å². The summed E-state index contributed by atoms with van der Waals surface area (Å²) in [6.45, 7) is 1.46. The van der Waals surface area contributed by atoms with Crippen molar-refractivity contribution in [2.24, 2.45) is 0 Å². The first-order valence-corrected chi connectivity index (χ1v) is 10.7. The number of aliphatic hydroxyl groups excluding tert-OH is 1. The van der Waals surface area contributed by atoms with Crippen LogP contribution in [0.15, 0.2) is 0 Å². The maximum atomic E-state index is 11.3. The zero-order valence-corrected chi connectivity index (χ0v) is 16.8. The standard InChI is InChI=1S/C21H41NO4/c1-20(24)26-22-21(25)18-16-14-12-10-8-6-4-2-3-5-7-9-11-13-15-17-19-23/h19-20,24H,2-18H2,1H3,(H,22,25)/t20-/m1/s1. The van der Waals surface area contributed by atoms with Crippen LogP contribution in [0.4, 0.5) is 0 Å². The van der Waals surface area contributed by atoms with Crippen molar-refractivity contribution in [1.82, 2.24) is 5.48 Å². The fourth-order valence-corrected chi connectivity index (χ4v) is 3.01. The second-order valence-corrected chi connectivity index (χ2v) is 7.25. The van der Waals surface area contributed by atoms with Gasteiger partial charge in [0, 0.05) is 12.8 Å². The van der Waals surface area contributed by atoms with Gasteiger partial charge in [0.15, 0.2) is 6.29 Å². The maximum Gasteiger partial charge on any atom is 0.243 e. The second kappa shape index (κ2) is 20.4. The highest BCUT2D eigenvalue weighted by atomic mass is 16.7. The van der Waals surface area contributed by atoms with Crippen LogP contribution in [-0.4, -0.2) is 23.6 Å². The summed E-state index contributed by atoms with van der Waals surface area (Å²) in [5, 5.41) is 8.88. The highest BCUT2D eigenvalue weighted by molar-refractivity contribution is 5.74. The molecule has 2 N–H and O–H groups in total. The average molecular weight is 372 g/mol. The van der Waals surface area contributed by atoms with Crippen molar-refractivity contribution in [3.05, 3.63) is 0 Å². The molecule has 0 aromatic carbocycles. The highest BCUT2D eigenvalue weighted by Gasteiger charge is 2.02. The fourth-order valence-electron chi connectivity index (χ4n) is 3.01. The van der Waals surface area contributed by atoms with Gasteiger partial charge in [-0.05, 0) is 19.8 Å². The first kappa shape index (κ1) is 25.1. The van der Waals surface area contributed by atoms with Gasteiger partial charge < -0.3 is 9.90 Å². The summed E-state index contributed by atoms with van der Waals surface area (Å²) in [4.78, 5) is 26.2. The quantitative estimate of drug-likeness (QED) is 0.133. The Bertz CT molecular complexity index is 321.